The standard InChI is InChI=1S/C17H20F2N2/c1-3-8-20-17(11-16-12(2)5-4-9-21-16)14-7-6-13(18)10-15(14)19/h4-7,9-10,17,20H,3,8,11H2,1-2H3. The SMILES string of the molecule is CCCNC(Cc1ncccc1C)c1ccc(F)cc1F. The number of aromatic nitrogens is 1. The summed E-state index contributed by atoms with van der Waals surface area (Å²) in [7, 11) is 0. The highest BCUT2D eigenvalue weighted by molar-refractivity contribution is 5.26. The Morgan fingerprint density at radius 1 is 1.24 bits per heavy atom. The quantitative estimate of drug-likeness (QED) is 0.871. The van der Waals surface area contributed by atoms with E-state index in [0.717, 1.165) is 30.3 Å². The van der Waals surface area contributed by atoms with E-state index in [4.69, 9.17) is 0 Å². The summed E-state index contributed by atoms with van der Waals surface area (Å²) in [5.74, 6) is -1.07. The van der Waals surface area contributed by atoms with Crippen LogP contribution in [-0.4, -0.2) is 11.5 Å². The first-order valence-corrected chi connectivity index (χ1v) is 7.20. The Balaban J connectivity index is 2.27. The van der Waals surface area contributed by atoms with Gasteiger partial charge in [0.05, 0.1) is 0 Å². The van der Waals surface area contributed by atoms with Gasteiger partial charge < -0.3 is 5.32 Å². The molecule has 0 saturated carbocycles. The van der Waals surface area contributed by atoms with Crippen LogP contribution in [0.4, 0.5) is 8.78 Å². The molecule has 112 valence electrons. The van der Waals surface area contributed by atoms with Crippen molar-refractivity contribution >= 4 is 0 Å². The minimum absolute atomic E-state index is 0.209. The highest BCUT2D eigenvalue weighted by atomic mass is 19.1. The van der Waals surface area contributed by atoms with Crippen LogP contribution in [0, 0.1) is 18.6 Å². The Hall–Kier alpha value is -1.81. The molecule has 0 saturated heterocycles. The van der Waals surface area contributed by atoms with Crippen LogP contribution in [0.3, 0.4) is 0 Å². The largest absolute Gasteiger partial charge is 0.310 e. The number of halogens is 2. The van der Waals surface area contributed by atoms with Gasteiger partial charge in [0, 0.05) is 36.0 Å². The highest BCUT2D eigenvalue weighted by Gasteiger charge is 2.17. The fourth-order valence-electron chi connectivity index (χ4n) is 2.32. The number of benzene rings is 1. The smallest absolute Gasteiger partial charge is 0.130 e. The van der Waals surface area contributed by atoms with Crippen molar-refractivity contribution in [2.45, 2.75) is 32.7 Å². The first-order chi connectivity index (χ1) is 10.1. The van der Waals surface area contributed by atoms with E-state index in [1.54, 1.807) is 6.20 Å². The molecule has 4 heteroatoms. The van der Waals surface area contributed by atoms with Crippen LogP contribution in [0.15, 0.2) is 36.5 Å². The van der Waals surface area contributed by atoms with Gasteiger partial charge in [-0.1, -0.05) is 19.1 Å². The summed E-state index contributed by atoms with van der Waals surface area (Å²) in [4.78, 5) is 4.36. The third-order valence-electron chi connectivity index (χ3n) is 3.49. The Morgan fingerprint density at radius 2 is 2.05 bits per heavy atom. The van der Waals surface area contributed by atoms with Crippen LogP contribution in [0.2, 0.25) is 0 Å². The second kappa shape index (κ2) is 7.27. The minimum atomic E-state index is -0.556. The van der Waals surface area contributed by atoms with Crippen LogP contribution in [0.25, 0.3) is 0 Å². The van der Waals surface area contributed by atoms with E-state index in [9.17, 15) is 8.78 Å². The maximum Gasteiger partial charge on any atom is 0.130 e. The molecule has 1 aromatic heterocycles. The average molecular weight is 290 g/mol. The summed E-state index contributed by atoms with van der Waals surface area (Å²) in [6.07, 6.45) is 3.26. The lowest BCUT2D eigenvalue weighted by atomic mass is 9.99. The number of hydrogen-bond donors (Lipinski definition) is 1. The Labute approximate surface area is 124 Å². The highest BCUT2D eigenvalue weighted by Crippen LogP contribution is 2.22. The second-order valence-electron chi connectivity index (χ2n) is 5.14. The fraction of sp³-hybridized carbons (Fsp3) is 0.353. The summed E-state index contributed by atoms with van der Waals surface area (Å²) in [5, 5.41) is 3.32. The summed E-state index contributed by atoms with van der Waals surface area (Å²) in [6.45, 7) is 4.81. The maximum atomic E-state index is 14.0. The van der Waals surface area contributed by atoms with Gasteiger partial charge in [-0.15, -0.1) is 0 Å². The van der Waals surface area contributed by atoms with Crippen molar-refractivity contribution in [1.82, 2.24) is 10.3 Å². The average Bonchev–Trinajstić information content (AvgIpc) is 2.46. The molecule has 0 spiro atoms. The molecular formula is C17H20F2N2. The fourth-order valence-corrected chi connectivity index (χ4v) is 2.32. The third-order valence-corrected chi connectivity index (χ3v) is 3.49. The van der Waals surface area contributed by atoms with Gasteiger partial charge in [-0.25, -0.2) is 8.78 Å². The molecule has 1 unspecified atom stereocenters. The molecule has 1 aromatic carbocycles. The minimum Gasteiger partial charge on any atom is -0.310 e. The van der Waals surface area contributed by atoms with Gasteiger partial charge in [-0.3, -0.25) is 4.98 Å². The molecule has 0 bridgehead atoms. The molecule has 1 heterocycles. The van der Waals surface area contributed by atoms with Gasteiger partial charge in [-0.2, -0.15) is 0 Å². The van der Waals surface area contributed by atoms with Gasteiger partial charge in [0.2, 0.25) is 0 Å². The van der Waals surface area contributed by atoms with Crippen molar-refractivity contribution < 1.29 is 8.78 Å². The molecule has 0 fully saturated rings. The predicted molar refractivity (Wildman–Crippen MR) is 80.1 cm³/mol. The topological polar surface area (TPSA) is 24.9 Å². The number of nitrogens with zero attached hydrogens (tertiary/aromatic N) is 1. The van der Waals surface area contributed by atoms with E-state index >= 15 is 0 Å². The predicted octanol–water partition coefficient (Wildman–Crippen LogP) is 3.95. The summed E-state index contributed by atoms with van der Waals surface area (Å²) in [6, 6.07) is 7.40. The van der Waals surface area contributed by atoms with Crippen LogP contribution >= 0.6 is 0 Å². The summed E-state index contributed by atoms with van der Waals surface area (Å²) >= 11 is 0. The normalized spacial score (nSPS) is 12.4. The summed E-state index contributed by atoms with van der Waals surface area (Å²) < 4.78 is 27.1. The zero-order valence-corrected chi connectivity index (χ0v) is 12.4. The molecule has 0 aliphatic heterocycles. The van der Waals surface area contributed by atoms with Crippen molar-refractivity contribution in [3.05, 3.63) is 65.0 Å². The second-order valence-corrected chi connectivity index (χ2v) is 5.14. The molecule has 0 amide bonds. The molecule has 2 nitrogen and oxygen atoms in total. The van der Waals surface area contributed by atoms with Crippen molar-refractivity contribution in [2.75, 3.05) is 6.54 Å². The van der Waals surface area contributed by atoms with Crippen LogP contribution in [-0.2, 0) is 6.42 Å². The lowest BCUT2D eigenvalue weighted by molar-refractivity contribution is 0.487. The van der Waals surface area contributed by atoms with Gasteiger partial charge in [0.1, 0.15) is 11.6 Å². The lowest BCUT2D eigenvalue weighted by Gasteiger charge is -2.20. The van der Waals surface area contributed by atoms with Crippen LogP contribution < -0.4 is 5.32 Å². The van der Waals surface area contributed by atoms with E-state index in [2.05, 4.69) is 17.2 Å². The molecule has 0 radical (unpaired) electrons. The first-order valence-electron chi connectivity index (χ1n) is 7.20. The molecule has 0 aliphatic rings. The summed E-state index contributed by atoms with van der Waals surface area (Å²) in [5.41, 5.74) is 2.48. The maximum absolute atomic E-state index is 14.0. The van der Waals surface area contributed by atoms with E-state index in [1.165, 1.54) is 12.1 Å². The van der Waals surface area contributed by atoms with E-state index < -0.39 is 11.6 Å². The molecule has 21 heavy (non-hydrogen) atoms. The molecule has 1 atom stereocenters. The lowest BCUT2D eigenvalue weighted by Crippen LogP contribution is -2.25. The Bertz CT molecular complexity index is 599. The third kappa shape index (κ3) is 4.08. The Morgan fingerprint density at radius 3 is 2.71 bits per heavy atom. The van der Waals surface area contributed by atoms with Gasteiger partial charge in [0.25, 0.3) is 0 Å². The van der Waals surface area contributed by atoms with Crippen LogP contribution in [0.1, 0.15) is 36.2 Å². The first kappa shape index (κ1) is 15.6. The van der Waals surface area contributed by atoms with E-state index in [0.29, 0.717) is 12.0 Å². The monoisotopic (exact) mass is 290 g/mol. The number of rotatable bonds is 6. The molecule has 2 rings (SSSR count). The van der Waals surface area contributed by atoms with Crippen molar-refractivity contribution in [3.63, 3.8) is 0 Å². The number of aryl methyl sites for hydroxylation is 1. The molecular weight excluding hydrogens is 270 g/mol. The number of pyridine rings is 1. The Kier molecular flexibility index (Phi) is 5.39. The number of hydrogen-bond acceptors (Lipinski definition) is 2. The number of nitrogens with one attached hydrogen (secondary N) is 1. The van der Waals surface area contributed by atoms with Crippen molar-refractivity contribution in [2.24, 2.45) is 0 Å². The van der Waals surface area contributed by atoms with Crippen molar-refractivity contribution in [1.29, 1.82) is 0 Å². The zero-order chi connectivity index (χ0) is 15.2. The van der Waals surface area contributed by atoms with Gasteiger partial charge in [-0.05, 0) is 37.6 Å². The van der Waals surface area contributed by atoms with Gasteiger partial charge in [0.15, 0.2) is 0 Å². The van der Waals surface area contributed by atoms with Gasteiger partial charge >= 0.3 is 0 Å². The molecule has 2 aromatic rings. The van der Waals surface area contributed by atoms with E-state index in [-0.39, 0.29) is 6.04 Å². The molecule has 0 aliphatic carbocycles. The molecule has 1 N–H and O–H groups in total. The van der Waals surface area contributed by atoms with Crippen LogP contribution in [0.5, 0.6) is 0 Å². The van der Waals surface area contributed by atoms with E-state index in [1.807, 2.05) is 19.1 Å². The zero-order valence-electron chi connectivity index (χ0n) is 12.4. The van der Waals surface area contributed by atoms with Crippen molar-refractivity contribution in [3.8, 4) is 0 Å².